The first kappa shape index (κ1) is 44.3. The van der Waals surface area contributed by atoms with Crippen LogP contribution in [0, 0.1) is 5.82 Å². The number of aryl methyl sites for hydroxylation is 2. The molecule has 69 heavy (non-hydrogen) atoms. The normalized spacial score (nSPS) is 19.8. The Labute approximate surface area is 396 Å². The molecular formula is C47H46F3N13O5S. The van der Waals surface area contributed by atoms with Crippen molar-refractivity contribution in [3.8, 4) is 11.3 Å². The fourth-order valence-corrected chi connectivity index (χ4v) is 10.9. The molecule has 0 aliphatic carbocycles. The lowest BCUT2D eigenvalue weighted by Crippen LogP contribution is -2.54. The maximum atomic E-state index is 16.0. The monoisotopic (exact) mass is 961 g/mol. The molecule has 5 aliphatic heterocycles. The number of nitrogens with zero attached hydrogens (tertiary/aromatic N) is 11. The number of urea groups is 1. The minimum Gasteiger partial charge on any atom is -0.367 e. The molecule has 356 valence electrons. The lowest BCUT2D eigenvalue weighted by atomic mass is 9.85. The van der Waals surface area contributed by atoms with E-state index in [2.05, 4.69) is 35.6 Å². The Balaban J connectivity index is 0.705. The van der Waals surface area contributed by atoms with E-state index in [0.29, 0.717) is 83.5 Å². The van der Waals surface area contributed by atoms with Gasteiger partial charge in [-0.15, -0.1) is 11.3 Å². The average Bonchev–Trinajstić information content (AvgIpc) is 4.19. The van der Waals surface area contributed by atoms with Gasteiger partial charge in [0.2, 0.25) is 11.8 Å². The number of rotatable bonds is 10. The second-order valence-electron chi connectivity index (χ2n) is 18.1. The lowest BCUT2D eigenvalue weighted by Gasteiger charge is -2.40. The number of thiazole rings is 1. The van der Waals surface area contributed by atoms with Gasteiger partial charge in [0, 0.05) is 92.1 Å². The number of fused-ring (bicyclic) bond motifs is 3. The van der Waals surface area contributed by atoms with Crippen molar-refractivity contribution < 1.29 is 37.1 Å². The van der Waals surface area contributed by atoms with Crippen molar-refractivity contribution >= 4 is 68.5 Å². The summed E-state index contributed by atoms with van der Waals surface area (Å²) in [5.41, 5.74) is 4.34. The van der Waals surface area contributed by atoms with Crippen LogP contribution in [0.1, 0.15) is 64.1 Å². The van der Waals surface area contributed by atoms with Gasteiger partial charge in [0.1, 0.15) is 5.82 Å². The Bertz CT molecular complexity index is 3040. The molecule has 18 nitrogen and oxygen atoms in total. The molecule has 4 aromatic heterocycles. The summed E-state index contributed by atoms with van der Waals surface area (Å²) in [5, 5.41) is 12.3. The van der Waals surface area contributed by atoms with E-state index in [1.165, 1.54) is 32.1 Å². The fraction of sp³-hybridized carbons (Fsp3) is 0.383. The smallest absolute Gasteiger partial charge is 0.329 e. The van der Waals surface area contributed by atoms with E-state index < -0.39 is 48.1 Å². The highest BCUT2D eigenvalue weighted by Gasteiger charge is 2.46. The SMILES string of the molecule is Cn1nc(N2CCC(=O)NC2=O)c2ccc(C3CCN(CC(=O)N4CCN(c5ccc(-c6cc(F)c7c(c6)C(=O)N(C(C(=O)Nc6nccs6)c6ncn8c6CCC8)C7)nc5)CC4)CC3(F)F)cc21. The summed E-state index contributed by atoms with van der Waals surface area (Å²) in [7, 11) is 1.68. The van der Waals surface area contributed by atoms with Gasteiger partial charge in [0.15, 0.2) is 17.0 Å². The molecule has 22 heteroatoms. The first-order valence-electron chi connectivity index (χ1n) is 22.8. The highest BCUT2D eigenvalue weighted by atomic mass is 32.1. The molecule has 0 radical (unpaired) electrons. The minimum atomic E-state index is -3.12. The summed E-state index contributed by atoms with van der Waals surface area (Å²) in [4.78, 5) is 87.1. The molecule has 2 unspecified atom stereocenters. The highest BCUT2D eigenvalue weighted by Crippen LogP contribution is 2.42. The number of imide groups is 1. The van der Waals surface area contributed by atoms with E-state index in [1.54, 1.807) is 71.1 Å². The van der Waals surface area contributed by atoms with E-state index >= 15 is 13.2 Å². The molecule has 2 atom stereocenters. The van der Waals surface area contributed by atoms with Crippen molar-refractivity contribution in [2.45, 2.75) is 56.7 Å². The third-order valence-electron chi connectivity index (χ3n) is 13.9. The predicted molar refractivity (Wildman–Crippen MR) is 247 cm³/mol. The van der Waals surface area contributed by atoms with Crippen LogP contribution in [-0.2, 0) is 40.9 Å². The second kappa shape index (κ2) is 17.4. The summed E-state index contributed by atoms with van der Waals surface area (Å²) in [6.45, 7) is 2.15. The van der Waals surface area contributed by atoms with Crippen molar-refractivity contribution in [2.24, 2.45) is 7.05 Å². The Morgan fingerprint density at radius 2 is 1.81 bits per heavy atom. The fourth-order valence-electron chi connectivity index (χ4n) is 10.4. The van der Waals surface area contributed by atoms with Crippen molar-refractivity contribution in [2.75, 3.05) is 67.5 Å². The van der Waals surface area contributed by atoms with Gasteiger partial charge in [0.25, 0.3) is 17.7 Å². The van der Waals surface area contributed by atoms with Crippen LogP contribution in [0.3, 0.4) is 0 Å². The number of hydrogen-bond acceptors (Lipinski definition) is 12. The van der Waals surface area contributed by atoms with Crippen LogP contribution in [0.5, 0.6) is 0 Å². The number of piperazine rings is 1. The zero-order chi connectivity index (χ0) is 47.7. The molecule has 5 aliphatic rings. The van der Waals surface area contributed by atoms with Crippen LogP contribution in [-0.4, -0.2) is 132 Å². The van der Waals surface area contributed by atoms with E-state index in [4.69, 9.17) is 0 Å². The largest absolute Gasteiger partial charge is 0.367 e. The Kier molecular flexibility index (Phi) is 11.2. The summed E-state index contributed by atoms with van der Waals surface area (Å²) >= 11 is 1.25. The Hall–Kier alpha value is -7.20. The molecule has 11 rings (SSSR count). The number of piperidine rings is 1. The van der Waals surface area contributed by atoms with Crippen LogP contribution in [0.4, 0.5) is 34.6 Å². The molecule has 3 saturated heterocycles. The Morgan fingerprint density at radius 1 is 0.971 bits per heavy atom. The number of alkyl halides is 2. The van der Waals surface area contributed by atoms with Gasteiger partial charge in [-0.2, -0.15) is 5.10 Å². The van der Waals surface area contributed by atoms with Gasteiger partial charge in [-0.1, -0.05) is 6.07 Å². The van der Waals surface area contributed by atoms with Crippen molar-refractivity contribution in [3.05, 3.63) is 100 Å². The quantitative estimate of drug-likeness (QED) is 0.190. The predicted octanol–water partition coefficient (Wildman–Crippen LogP) is 4.93. The van der Waals surface area contributed by atoms with E-state index in [1.807, 2.05) is 10.6 Å². The van der Waals surface area contributed by atoms with Gasteiger partial charge in [0.05, 0.1) is 60.7 Å². The zero-order valence-corrected chi connectivity index (χ0v) is 38.2. The first-order chi connectivity index (χ1) is 33.3. The van der Waals surface area contributed by atoms with Crippen LogP contribution >= 0.6 is 11.3 Å². The average molecular weight is 962 g/mol. The third-order valence-corrected chi connectivity index (χ3v) is 14.6. The number of carbonyl (C=O) groups excluding carboxylic acids is 5. The van der Waals surface area contributed by atoms with E-state index in [9.17, 15) is 24.0 Å². The van der Waals surface area contributed by atoms with Gasteiger partial charge >= 0.3 is 6.03 Å². The van der Waals surface area contributed by atoms with Crippen LogP contribution < -0.4 is 20.4 Å². The molecule has 6 amide bonds. The molecule has 0 spiro atoms. The molecule has 2 N–H and O–H groups in total. The van der Waals surface area contributed by atoms with Gasteiger partial charge in [-0.25, -0.2) is 27.9 Å². The van der Waals surface area contributed by atoms with Crippen LogP contribution in [0.25, 0.3) is 22.2 Å². The molecule has 3 fully saturated rings. The van der Waals surface area contributed by atoms with Gasteiger partial charge in [-0.3, -0.25) is 49.3 Å². The maximum Gasteiger partial charge on any atom is 0.329 e. The standard InChI is InChI=1S/C47H46F3N13O5S/c1-57-37-21-27(4-6-30(37)42(56-57)62-13-9-38(64)54-46(62)68)33-8-12-58(25-47(33,49)50)24-39(65)60-16-14-59(15-17-60)29-5-7-35(52-22-29)28-19-31-32(34(48)20-28)23-63(44(31)67)41(43(66)55-45-51-10-18-69-45)40-36-3-2-11-61(36)26-53-40/h4-7,10,18-22,26,33,41H,2-3,8-9,11-17,23-25H2,1H3,(H,51,55,66)(H,54,64,68). The molecule has 0 saturated carbocycles. The molecule has 9 heterocycles. The summed E-state index contributed by atoms with van der Waals surface area (Å²) in [5.74, 6) is -6.00. The number of nitrogens with one attached hydrogen (secondary N) is 2. The van der Waals surface area contributed by atoms with Crippen molar-refractivity contribution in [3.63, 3.8) is 0 Å². The topological polar surface area (TPSA) is 187 Å². The van der Waals surface area contributed by atoms with Crippen LogP contribution in [0.2, 0.25) is 0 Å². The molecule has 0 bridgehead atoms. The molecule has 6 aromatic rings. The van der Waals surface area contributed by atoms with Crippen LogP contribution in [0.15, 0.2) is 66.6 Å². The van der Waals surface area contributed by atoms with Gasteiger partial charge in [-0.05, 0) is 67.8 Å². The maximum absolute atomic E-state index is 16.0. The minimum absolute atomic E-state index is 0.115. The number of likely N-dealkylation sites (tertiary alicyclic amines) is 1. The summed E-state index contributed by atoms with van der Waals surface area (Å²) < 4.78 is 51.3. The first-order valence-corrected chi connectivity index (χ1v) is 23.7. The van der Waals surface area contributed by atoms with Crippen molar-refractivity contribution in [1.82, 2.24) is 49.3 Å². The number of hydrogen-bond donors (Lipinski definition) is 2. The highest BCUT2D eigenvalue weighted by molar-refractivity contribution is 7.13. The Morgan fingerprint density at radius 3 is 2.57 bits per heavy atom. The summed E-state index contributed by atoms with van der Waals surface area (Å²) in [6, 6.07) is 9.90. The number of aromatic nitrogens is 6. The number of halogens is 3. The number of carbonyl (C=O) groups is 5. The number of anilines is 3. The number of pyridine rings is 1. The van der Waals surface area contributed by atoms with Gasteiger partial charge < -0.3 is 19.3 Å². The van der Waals surface area contributed by atoms with E-state index in [0.717, 1.165) is 24.3 Å². The zero-order valence-electron chi connectivity index (χ0n) is 37.4. The summed E-state index contributed by atoms with van der Waals surface area (Å²) in [6.07, 6.45) is 6.77. The number of benzene rings is 2. The van der Waals surface area contributed by atoms with E-state index in [-0.39, 0.29) is 55.4 Å². The second-order valence-corrected chi connectivity index (χ2v) is 19.0. The lowest BCUT2D eigenvalue weighted by molar-refractivity contribution is -0.136. The number of amides is 6. The van der Waals surface area contributed by atoms with Crippen molar-refractivity contribution in [1.29, 1.82) is 0 Å². The number of imidazole rings is 1. The molecule has 2 aromatic carbocycles. The third kappa shape index (κ3) is 8.13. The molecular weight excluding hydrogens is 916 g/mol.